The Bertz CT molecular complexity index is 650. The van der Waals surface area contributed by atoms with E-state index in [4.69, 9.17) is 28.4 Å². The van der Waals surface area contributed by atoms with Crippen molar-refractivity contribution in [3.8, 4) is 0 Å². The third-order valence-corrected chi connectivity index (χ3v) is 5.73. The molecule has 0 unspecified atom stereocenters. The Kier molecular flexibility index (Phi) is 8.95. The molecule has 0 aliphatic carbocycles. The van der Waals surface area contributed by atoms with Crippen molar-refractivity contribution in [3.63, 3.8) is 0 Å². The summed E-state index contributed by atoms with van der Waals surface area (Å²) in [4.78, 5) is 12.1. The molecule has 0 spiro atoms. The van der Waals surface area contributed by atoms with E-state index in [0.29, 0.717) is 0 Å². The maximum Gasteiger partial charge on any atom is 0.337 e. The van der Waals surface area contributed by atoms with Crippen molar-refractivity contribution in [2.45, 2.75) is 79.9 Å². The van der Waals surface area contributed by atoms with Gasteiger partial charge in [-0.15, -0.1) is 0 Å². The first-order valence-corrected chi connectivity index (χ1v) is 10.2. The quantitative estimate of drug-likeness (QED) is 0.174. The average molecular weight is 486 g/mol. The molecule has 0 saturated carbocycles. The summed E-state index contributed by atoms with van der Waals surface area (Å²) in [6.07, 6.45) is -20.2. The van der Waals surface area contributed by atoms with E-state index in [-0.39, 0.29) is 6.61 Å². The summed E-state index contributed by atoms with van der Waals surface area (Å²) >= 11 is 0. The predicted octanol–water partition coefficient (Wildman–Crippen LogP) is -5.46. The molecular weight excluding hydrogens is 456 g/mol. The third-order valence-electron chi connectivity index (χ3n) is 5.73. The van der Waals surface area contributed by atoms with Crippen LogP contribution in [0.15, 0.2) is 0 Å². The van der Waals surface area contributed by atoms with E-state index in [1.54, 1.807) is 0 Å². The minimum absolute atomic E-state index is 0.355. The predicted molar refractivity (Wildman–Crippen MR) is 99.0 cm³/mol. The highest BCUT2D eigenvalue weighted by molar-refractivity contribution is 5.75. The van der Waals surface area contributed by atoms with Crippen LogP contribution in [-0.2, 0) is 38.0 Å². The first kappa shape index (κ1) is 26.6. The van der Waals surface area contributed by atoms with E-state index < -0.39 is 92.5 Å². The average Bonchev–Trinajstić information content (AvgIpc) is 2.80. The molecule has 3 heterocycles. The number of methoxy groups -OCH3 is 2. The van der Waals surface area contributed by atoms with Gasteiger partial charge in [0.05, 0.1) is 20.3 Å². The fourth-order valence-corrected chi connectivity index (χ4v) is 3.77. The third kappa shape index (κ3) is 5.46. The van der Waals surface area contributed by atoms with Crippen LogP contribution in [0.3, 0.4) is 0 Å². The van der Waals surface area contributed by atoms with Gasteiger partial charge in [-0.05, 0) is 0 Å². The van der Waals surface area contributed by atoms with Crippen LogP contribution < -0.4 is 0 Å². The van der Waals surface area contributed by atoms with Gasteiger partial charge in [-0.25, -0.2) is 4.79 Å². The highest BCUT2D eigenvalue weighted by Gasteiger charge is 2.52. The molecule has 0 radical (unpaired) electrons. The molecule has 15 nitrogen and oxygen atoms in total. The molecule has 3 aliphatic heterocycles. The Balaban J connectivity index is 1.76. The van der Waals surface area contributed by atoms with Crippen molar-refractivity contribution >= 4 is 5.97 Å². The fourth-order valence-electron chi connectivity index (χ4n) is 3.77. The number of esters is 1. The van der Waals surface area contributed by atoms with Crippen LogP contribution in [0.1, 0.15) is 0 Å². The number of carbonyl (C=O) groups is 1. The maximum absolute atomic E-state index is 12.1. The van der Waals surface area contributed by atoms with Gasteiger partial charge in [0.2, 0.25) is 0 Å². The Morgan fingerprint density at radius 1 is 0.758 bits per heavy atom. The van der Waals surface area contributed by atoms with Crippen LogP contribution in [0.2, 0.25) is 0 Å². The zero-order valence-corrected chi connectivity index (χ0v) is 17.8. The van der Waals surface area contributed by atoms with Crippen LogP contribution in [0.5, 0.6) is 0 Å². The summed E-state index contributed by atoms with van der Waals surface area (Å²) in [5.41, 5.74) is 0. The molecule has 0 aromatic carbocycles. The minimum atomic E-state index is -1.76. The number of carbonyl (C=O) groups excluding carboxylic acids is 1. The lowest BCUT2D eigenvalue weighted by Crippen LogP contribution is -2.64. The van der Waals surface area contributed by atoms with Crippen LogP contribution in [-0.4, -0.2) is 149 Å². The van der Waals surface area contributed by atoms with Gasteiger partial charge < -0.3 is 68.9 Å². The van der Waals surface area contributed by atoms with Crippen molar-refractivity contribution in [1.82, 2.24) is 0 Å². The van der Waals surface area contributed by atoms with Crippen molar-refractivity contribution < 1.29 is 73.7 Å². The second-order valence-electron chi connectivity index (χ2n) is 7.87. The molecule has 0 bridgehead atoms. The monoisotopic (exact) mass is 486 g/mol. The van der Waals surface area contributed by atoms with Crippen molar-refractivity contribution in [2.75, 3.05) is 27.4 Å². The molecular formula is C18H30O15. The normalized spacial score (nSPS) is 48.9. The zero-order valence-electron chi connectivity index (χ0n) is 17.8. The van der Waals surface area contributed by atoms with Gasteiger partial charge >= 0.3 is 5.97 Å². The lowest BCUT2D eigenvalue weighted by atomic mass is 9.98. The molecule has 0 aromatic heterocycles. The highest BCUT2D eigenvalue weighted by atomic mass is 16.8. The van der Waals surface area contributed by atoms with Crippen LogP contribution in [0.4, 0.5) is 0 Å². The van der Waals surface area contributed by atoms with E-state index in [0.717, 1.165) is 7.11 Å². The SMILES string of the molecule is COC(=O)[C@H]1O[C@H](O[C@H]2[C@H](O[C@@H]3CO[C@@H](O)[C@H](O)[C@H]3O)OC[C@@H](O)[C@@H]2O)[C@H](O)[C@@H](O)[C@@H]1OC. The minimum Gasteiger partial charge on any atom is -0.467 e. The summed E-state index contributed by atoms with van der Waals surface area (Å²) in [5.74, 6) is -0.926. The van der Waals surface area contributed by atoms with E-state index in [1.807, 2.05) is 0 Å². The second kappa shape index (κ2) is 11.1. The molecule has 15 heteroatoms. The number of aliphatic hydroxyl groups excluding tert-OH is 7. The topological polar surface area (TPSA) is 223 Å². The zero-order chi connectivity index (χ0) is 24.4. The van der Waals surface area contributed by atoms with Crippen LogP contribution in [0, 0.1) is 0 Å². The molecule has 0 amide bonds. The van der Waals surface area contributed by atoms with Crippen LogP contribution >= 0.6 is 0 Å². The van der Waals surface area contributed by atoms with Gasteiger partial charge in [0, 0.05) is 7.11 Å². The first-order valence-electron chi connectivity index (χ1n) is 10.2. The Morgan fingerprint density at radius 2 is 1.45 bits per heavy atom. The number of aliphatic hydroxyl groups is 7. The second-order valence-corrected chi connectivity index (χ2v) is 7.87. The molecule has 7 N–H and O–H groups in total. The molecule has 13 atom stereocenters. The number of rotatable bonds is 6. The summed E-state index contributed by atoms with van der Waals surface area (Å²) in [5, 5.41) is 70.6. The summed E-state index contributed by atoms with van der Waals surface area (Å²) in [7, 11) is 2.26. The van der Waals surface area contributed by atoms with Crippen molar-refractivity contribution in [1.29, 1.82) is 0 Å². The van der Waals surface area contributed by atoms with Gasteiger partial charge in [0.1, 0.15) is 54.9 Å². The van der Waals surface area contributed by atoms with Crippen molar-refractivity contribution in [3.05, 3.63) is 0 Å². The van der Waals surface area contributed by atoms with Crippen molar-refractivity contribution in [2.24, 2.45) is 0 Å². The van der Waals surface area contributed by atoms with E-state index in [2.05, 4.69) is 4.74 Å². The molecule has 0 aromatic rings. The van der Waals surface area contributed by atoms with Gasteiger partial charge in [-0.2, -0.15) is 0 Å². The molecule has 3 fully saturated rings. The van der Waals surface area contributed by atoms with E-state index >= 15 is 0 Å². The number of ether oxygens (including phenoxy) is 7. The Hall–Kier alpha value is -1.05. The maximum atomic E-state index is 12.1. The highest BCUT2D eigenvalue weighted by Crippen LogP contribution is 2.30. The van der Waals surface area contributed by atoms with Gasteiger partial charge in [-0.1, -0.05) is 0 Å². The van der Waals surface area contributed by atoms with E-state index in [9.17, 15) is 40.5 Å². The molecule has 192 valence electrons. The lowest BCUT2D eigenvalue weighted by molar-refractivity contribution is -0.368. The molecule has 3 rings (SSSR count). The largest absolute Gasteiger partial charge is 0.467 e. The summed E-state index contributed by atoms with van der Waals surface area (Å²) < 4.78 is 36.4. The molecule has 3 saturated heterocycles. The summed E-state index contributed by atoms with van der Waals surface area (Å²) in [6.45, 7) is -0.750. The Morgan fingerprint density at radius 3 is 2.09 bits per heavy atom. The van der Waals surface area contributed by atoms with Crippen LogP contribution in [0.25, 0.3) is 0 Å². The molecule has 33 heavy (non-hydrogen) atoms. The smallest absolute Gasteiger partial charge is 0.337 e. The number of hydrogen-bond donors (Lipinski definition) is 7. The Labute approximate surface area is 187 Å². The first-order chi connectivity index (χ1) is 15.6. The lowest BCUT2D eigenvalue weighted by Gasteiger charge is -2.45. The summed E-state index contributed by atoms with van der Waals surface area (Å²) in [6, 6.07) is 0. The number of hydrogen-bond acceptors (Lipinski definition) is 15. The van der Waals surface area contributed by atoms with E-state index in [1.165, 1.54) is 7.11 Å². The van der Waals surface area contributed by atoms with Gasteiger partial charge in [-0.3, -0.25) is 0 Å². The molecule has 3 aliphatic rings. The van der Waals surface area contributed by atoms with Gasteiger partial charge in [0.25, 0.3) is 0 Å². The fraction of sp³-hybridized carbons (Fsp3) is 0.944. The van der Waals surface area contributed by atoms with Gasteiger partial charge in [0.15, 0.2) is 25.0 Å². The standard InChI is InChI=1S/C18H30O15/c1-27-12-9(22)11(24)17(33-14(12)16(26)28-2)32-13-7(20)5(19)3-30-18(13)31-6-4-29-15(25)10(23)8(6)21/h5-15,17-25H,3-4H2,1-2H3/t5-,6-,7+,8+,9-,10-,11-,12+,13-,14+,15-,17+,18+/m1/s1.